The van der Waals surface area contributed by atoms with Gasteiger partial charge in [0.2, 0.25) is 0 Å². The molecule has 2 fully saturated rings. The van der Waals surface area contributed by atoms with Crippen molar-refractivity contribution in [2.24, 2.45) is 5.92 Å². The summed E-state index contributed by atoms with van der Waals surface area (Å²) in [5, 5.41) is 3.48. The zero-order chi connectivity index (χ0) is 13.9. The molecule has 0 aromatic rings. The maximum Gasteiger partial charge on any atom is 0.254 e. The minimum Gasteiger partial charge on any atom is -0.365 e. The van der Waals surface area contributed by atoms with Gasteiger partial charge in [-0.3, -0.25) is 4.79 Å². The molecule has 19 heavy (non-hydrogen) atoms. The zero-order valence-electron chi connectivity index (χ0n) is 12.6. The third-order valence-electron chi connectivity index (χ3n) is 4.29. The van der Waals surface area contributed by atoms with Crippen molar-refractivity contribution in [3.8, 4) is 0 Å². The van der Waals surface area contributed by atoms with E-state index in [0.717, 1.165) is 45.5 Å². The predicted octanol–water partition coefficient (Wildman–Crippen LogP) is 1.79. The molecule has 2 aliphatic heterocycles. The number of hydrogen-bond acceptors (Lipinski definition) is 3. The molecule has 0 saturated carbocycles. The Bertz CT molecular complexity index is 311. The van der Waals surface area contributed by atoms with E-state index in [0.29, 0.717) is 12.0 Å². The summed E-state index contributed by atoms with van der Waals surface area (Å²) in [7, 11) is 0. The van der Waals surface area contributed by atoms with E-state index in [9.17, 15) is 4.79 Å². The van der Waals surface area contributed by atoms with E-state index in [1.165, 1.54) is 6.42 Å². The summed E-state index contributed by atoms with van der Waals surface area (Å²) < 4.78 is 5.68. The summed E-state index contributed by atoms with van der Waals surface area (Å²) in [6.07, 6.45) is 4.22. The molecular weight excluding hydrogens is 240 g/mol. The van der Waals surface area contributed by atoms with Crippen molar-refractivity contribution in [3.05, 3.63) is 0 Å². The molecule has 0 aromatic carbocycles. The first-order valence-corrected chi connectivity index (χ1v) is 7.68. The lowest BCUT2D eigenvalue weighted by molar-refractivity contribution is -0.152. The molecule has 2 atom stereocenters. The van der Waals surface area contributed by atoms with Gasteiger partial charge in [0, 0.05) is 25.7 Å². The normalized spacial score (nSPS) is 32.0. The molecule has 110 valence electrons. The maximum absolute atomic E-state index is 12.6. The lowest BCUT2D eigenvalue weighted by Crippen LogP contribution is -2.51. The Labute approximate surface area is 116 Å². The number of likely N-dealkylation sites (tertiary alicyclic amines) is 1. The Morgan fingerprint density at radius 2 is 2.26 bits per heavy atom. The summed E-state index contributed by atoms with van der Waals surface area (Å²) >= 11 is 0. The molecule has 2 saturated heterocycles. The molecule has 0 aromatic heterocycles. The highest BCUT2D eigenvalue weighted by Gasteiger charge is 2.41. The first kappa shape index (κ1) is 14.8. The highest BCUT2D eigenvalue weighted by atomic mass is 16.5. The van der Waals surface area contributed by atoms with Gasteiger partial charge in [-0.05, 0) is 45.1 Å². The number of piperidine rings is 1. The molecule has 2 rings (SSSR count). The van der Waals surface area contributed by atoms with Crippen molar-refractivity contribution in [1.82, 2.24) is 10.2 Å². The summed E-state index contributed by atoms with van der Waals surface area (Å²) in [5.74, 6) is 0.796. The number of carbonyl (C=O) groups is 1. The van der Waals surface area contributed by atoms with Gasteiger partial charge < -0.3 is 15.0 Å². The van der Waals surface area contributed by atoms with Gasteiger partial charge in [0.15, 0.2) is 0 Å². The zero-order valence-corrected chi connectivity index (χ0v) is 12.6. The highest BCUT2D eigenvalue weighted by molar-refractivity contribution is 5.85. The van der Waals surface area contributed by atoms with Crippen LogP contribution in [0.25, 0.3) is 0 Å². The fourth-order valence-corrected chi connectivity index (χ4v) is 3.10. The predicted molar refractivity (Wildman–Crippen MR) is 76.0 cm³/mol. The van der Waals surface area contributed by atoms with Gasteiger partial charge in [-0.2, -0.15) is 0 Å². The molecule has 2 unspecified atom stereocenters. The summed E-state index contributed by atoms with van der Waals surface area (Å²) in [6.45, 7) is 9.82. The molecule has 2 aliphatic rings. The third-order valence-corrected chi connectivity index (χ3v) is 4.29. The average molecular weight is 268 g/mol. The Morgan fingerprint density at radius 1 is 1.47 bits per heavy atom. The number of carbonyl (C=O) groups excluding carboxylic acids is 1. The van der Waals surface area contributed by atoms with E-state index in [4.69, 9.17) is 4.74 Å². The number of amides is 1. The monoisotopic (exact) mass is 268 g/mol. The summed E-state index contributed by atoms with van der Waals surface area (Å²) in [4.78, 5) is 14.6. The van der Waals surface area contributed by atoms with Gasteiger partial charge >= 0.3 is 0 Å². The number of hydrogen-bond donors (Lipinski definition) is 1. The topological polar surface area (TPSA) is 41.6 Å². The van der Waals surface area contributed by atoms with Gasteiger partial charge in [0.25, 0.3) is 5.91 Å². The van der Waals surface area contributed by atoms with Crippen LogP contribution in [-0.4, -0.2) is 48.7 Å². The third kappa shape index (κ3) is 3.69. The van der Waals surface area contributed by atoms with Crippen LogP contribution in [0.2, 0.25) is 0 Å². The average Bonchev–Trinajstić information content (AvgIpc) is 2.84. The van der Waals surface area contributed by atoms with Crippen LogP contribution in [0.4, 0.5) is 0 Å². The van der Waals surface area contributed by atoms with E-state index in [1.807, 2.05) is 11.8 Å². The molecule has 0 radical (unpaired) electrons. The van der Waals surface area contributed by atoms with Crippen LogP contribution in [0, 0.1) is 5.92 Å². The largest absolute Gasteiger partial charge is 0.365 e. The van der Waals surface area contributed by atoms with E-state index in [1.54, 1.807) is 0 Å². The number of rotatable bonds is 4. The van der Waals surface area contributed by atoms with Crippen molar-refractivity contribution in [3.63, 3.8) is 0 Å². The second kappa shape index (κ2) is 6.23. The molecule has 0 spiro atoms. The fourth-order valence-electron chi connectivity index (χ4n) is 3.10. The minimum atomic E-state index is -0.548. The SMILES string of the molecule is CC(C)NCC1CCCN(C(=O)C2(C)CCCO2)C1. The standard InChI is InChI=1S/C15H28N2O2/c1-12(2)16-10-13-6-4-8-17(11-13)14(18)15(3)7-5-9-19-15/h12-13,16H,4-11H2,1-3H3. The maximum atomic E-state index is 12.6. The van der Waals surface area contributed by atoms with Crippen molar-refractivity contribution in [1.29, 1.82) is 0 Å². The van der Waals surface area contributed by atoms with Gasteiger partial charge in [0.05, 0.1) is 0 Å². The van der Waals surface area contributed by atoms with Crippen LogP contribution >= 0.6 is 0 Å². The van der Waals surface area contributed by atoms with Crippen LogP contribution in [-0.2, 0) is 9.53 Å². The first-order valence-electron chi connectivity index (χ1n) is 7.68. The Kier molecular flexibility index (Phi) is 4.85. The lowest BCUT2D eigenvalue weighted by atomic mass is 9.94. The van der Waals surface area contributed by atoms with Gasteiger partial charge in [-0.15, -0.1) is 0 Å². The Morgan fingerprint density at radius 3 is 2.89 bits per heavy atom. The first-order chi connectivity index (χ1) is 9.01. The fraction of sp³-hybridized carbons (Fsp3) is 0.933. The van der Waals surface area contributed by atoms with Crippen LogP contribution < -0.4 is 5.32 Å². The Balaban J connectivity index is 1.88. The van der Waals surface area contributed by atoms with Gasteiger partial charge in [0.1, 0.15) is 5.60 Å². The quantitative estimate of drug-likeness (QED) is 0.845. The molecule has 4 heteroatoms. The molecule has 0 bridgehead atoms. The van der Waals surface area contributed by atoms with E-state index in [-0.39, 0.29) is 5.91 Å². The van der Waals surface area contributed by atoms with Crippen molar-refractivity contribution in [2.75, 3.05) is 26.2 Å². The lowest BCUT2D eigenvalue weighted by Gasteiger charge is -2.37. The summed E-state index contributed by atoms with van der Waals surface area (Å²) in [5.41, 5.74) is -0.548. The Hall–Kier alpha value is -0.610. The van der Waals surface area contributed by atoms with Gasteiger partial charge in [-0.1, -0.05) is 13.8 Å². The minimum absolute atomic E-state index is 0.208. The molecular formula is C15H28N2O2. The van der Waals surface area contributed by atoms with Crippen LogP contribution in [0.15, 0.2) is 0 Å². The smallest absolute Gasteiger partial charge is 0.254 e. The second-order valence-corrected chi connectivity index (χ2v) is 6.51. The number of nitrogens with zero attached hydrogens (tertiary/aromatic N) is 1. The number of ether oxygens (including phenoxy) is 1. The molecule has 1 N–H and O–H groups in total. The van der Waals surface area contributed by atoms with Gasteiger partial charge in [-0.25, -0.2) is 0 Å². The van der Waals surface area contributed by atoms with E-state index < -0.39 is 5.60 Å². The highest BCUT2D eigenvalue weighted by Crippen LogP contribution is 2.29. The van der Waals surface area contributed by atoms with Crippen LogP contribution in [0.5, 0.6) is 0 Å². The summed E-state index contributed by atoms with van der Waals surface area (Å²) in [6, 6.07) is 0.516. The van der Waals surface area contributed by atoms with Crippen molar-refractivity contribution >= 4 is 5.91 Å². The van der Waals surface area contributed by atoms with E-state index in [2.05, 4.69) is 19.2 Å². The van der Waals surface area contributed by atoms with E-state index >= 15 is 0 Å². The molecule has 4 nitrogen and oxygen atoms in total. The molecule has 1 amide bonds. The van der Waals surface area contributed by atoms with Crippen LogP contribution in [0.3, 0.4) is 0 Å². The second-order valence-electron chi connectivity index (χ2n) is 6.51. The van der Waals surface area contributed by atoms with Crippen LogP contribution in [0.1, 0.15) is 46.5 Å². The van der Waals surface area contributed by atoms with Crippen molar-refractivity contribution < 1.29 is 9.53 Å². The van der Waals surface area contributed by atoms with Crippen molar-refractivity contribution in [2.45, 2.75) is 58.1 Å². The molecule has 2 heterocycles. The molecule has 0 aliphatic carbocycles. The number of nitrogens with one attached hydrogen (secondary N) is 1.